The first kappa shape index (κ1) is 12.9. The van der Waals surface area contributed by atoms with Crippen molar-refractivity contribution in [1.29, 1.82) is 0 Å². The average Bonchev–Trinajstić information content (AvgIpc) is 2.30. The van der Waals surface area contributed by atoms with Crippen LogP contribution < -0.4 is 0 Å². The van der Waals surface area contributed by atoms with E-state index in [-0.39, 0.29) is 11.3 Å². The molecule has 0 aliphatic heterocycles. The van der Waals surface area contributed by atoms with E-state index in [0.717, 1.165) is 22.2 Å². The van der Waals surface area contributed by atoms with Gasteiger partial charge in [-0.25, -0.2) is 8.78 Å². The highest BCUT2D eigenvalue weighted by atomic mass is 79.9. The predicted octanol–water partition coefficient (Wildman–Crippen LogP) is 4.27. The maximum Gasteiger partial charge on any atom is 0.193 e. The zero-order valence-electron chi connectivity index (χ0n) is 9.51. The second kappa shape index (κ2) is 4.98. The summed E-state index contributed by atoms with van der Waals surface area (Å²) in [6, 6.07) is 8.35. The van der Waals surface area contributed by atoms with Gasteiger partial charge in [-0.2, -0.15) is 0 Å². The molecule has 0 radical (unpaired) electrons. The largest absolute Gasteiger partial charge is 0.289 e. The molecule has 2 aromatic rings. The number of carbonyl (C=O) groups is 1. The number of rotatable bonds is 2. The third kappa shape index (κ3) is 2.64. The highest BCUT2D eigenvalue weighted by Gasteiger charge is 2.12. The summed E-state index contributed by atoms with van der Waals surface area (Å²) in [5.74, 6) is -2.32. The summed E-state index contributed by atoms with van der Waals surface area (Å²) in [5, 5.41) is 0. The number of carbonyl (C=O) groups excluding carboxylic acids is 1. The monoisotopic (exact) mass is 310 g/mol. The van der Waals surface area contributed by atoms with Gasteiger partial charge in [0.25, 0.3) is 0 Å². The first-order chi connectivity index (χ1) is 8.47. The lowest BCUT2D eigenvalue weighted by molar-refractivity contribution is 0.103. The van der Waals surface area contributed by atoms with Gasteiger partial charge in [0.2, 0.25) is 0 Å². The quantitative estimate of drug-likeness (QED) is 0.757. The SMILES string of the molecule is Cc1cc(Br)cc(C(=O)c2ccc(F)c(F)c2)c1. The van der Waals surface area contributed by atoms with Crippen molar-refractivity contribution in [3.63, 3.8) is 0 Å². The first-order valence-corrected chi connectivity index (χ1v) is 6.03. The van der Waals surface area contributed by atoms with Crippen molar-refractivity contribution in [3.8, 4) is 0 Å². The zero-order valence-corrected chi connectivity index (χ0v) is 11.1. The van der Waals surface area contributed by atoms with Crippen LogP contribution in [0.5, 0.6) is 0 Å². The summed E-state index contributed by atoms with van der Waals surface area (Å²) in [5.41, 5.74) is 1.48. The Morgan fingerprint density at radius 3 is 2.33 bits per heavy atom. The molecule has 0 amide bonds. The van der Waals surface area contributed by atoms with Crippen molar-refractivity contribution in [2.75, 3.05) is 0 Å². The van der Waals surface area contributed by atoms with Crippen LogP contribution >= 0.6 is 15.9 Å². The van der Waals surface area contributed by atoms with Crippen LogP contribution in [0, 0.1) is 18.6 Å². The van der Waals surface area contributed by atoms with Gasteiger partial charge in [-0.15, -0.1) is 0 Å². The summed E-state index contributed by atoms with van der Waals surface area (Å²) in [6.45, 7) is 1.85. The summed E-state index contributed by atoms with van der Waals surface area (Å²) in [4.78, 5) is 12.1. The minimum absolute atomic E-state index is 0.131. The van der Waals surface area contributed by atoms with Gasteiger partial charge in [-0.3, -0.25) is 4.79 Å². The molecule has 18 heavy (non-hydrogen) atoms. The number of hydrogen-bond acceptors (Lipinski definition) is 1. The second-order valence-corrected chi connectivity index (χ2v) is 4.89. The topological polar surface area (TPSA) is 17.1 Å². The van der Waals surface area contributed by atoms with Crippen LogP contribution in [0.4, 0.5) is 8.78 Å². The normalized spacial score (nSPS) is 10.4. The van der Waals surface area contributed by atoms with Crippen LogP contribution in [0.3, 0.4) is 0 Å². The van der Waals surface area contributed by atoms with Crippen LogP contribution in [0.2, 0.25) is 0 Å². The predicted molar refractivity (Wildman–Crippen MR) is 68.7 cm³/mol. The fourth-order valence-corrected chi connectivity index (χ4v) is 2.28. The highest BCUT2D eigenvalue weighted by Crippen LogP contribution is 2.19. The lowest BCUT2D eigenvalue weighted by Gasteiger charge is -2.04. The average molecular weight is 311 g/mol. The fourth-order valence-electron chi connectivity index (χ4n) is 1.67. The number of aryl methyl sites for hydroxylation is 1. The van der Waals surface area contributed by atoms with E-state index in [9.17, 15) is 13.6 Å². The molecule has 4 heteroatoms. The lowest BCUT2D eigenvalue weighted by atomic mass is 10.0. The Balaban J connectivity index is 2.44. The van der Waals surface area contributed by atoms with Crippen molar-refractivity contribution in [2.24, 2.45) is 0 Å². The Labute approximate surface area is 112 Å². The summed E-state index contributed by atoms with van der Waals surface area (Å²) >= 11 is 3.29. The van der Waals surface area contributed by atoms with Gasteiger partial charge in [0, 0.05) is 15.6 Å². The van der Waals surface area contributed by atoms with Crippen molar-refractivity contribution in [3.05, 3.63) is 69.2 Å². The Kier molecular flexibility index (Phi) is 3.57. The highest BCUT2D eigenvalue weighted by molar-refractivity contribution is 9.10. The van der Waals surface area contributed by atoms with Gasteiger partial charge in [0.1, 0.15) is 0 Å². The lowest BCUT2D eigenvalue weighted by Crippen LogP contribution is -2.03. The van der Waals surface area contributed by atoms with Crippen LogP contribution in [-0.2, 0) is 0 Å². The van der Waals surface area contributed by atoms with Crippen molar-refractivity contribution < 1.29 is 13.6 Å². The van der Waals surface area contributed by atoms with E-state index >= 15 is 0 Å². The van der Waals surface area contributed by atoms with Crippen LogP contribution in [0.25, 0.3) is 0 Å². The van der Waals surface area contributed by atoms with Crippen molar-refractivity contribution >= 4 is 21.7 Å². The van der Waals surface area contributed by atoms with E-state index in [1.807, 2.05) is 13.0 Å². The van der Waals surface area contributed by atoms with E-state index < -0.39 is 11.6 Å². The second-order valence-electron chi connectivity index (χ2n) is 3.98. The van der Waals surface area contributed by atoms with Gasteiger partial charge in [0.15, 0.2) is 17.4 Å². The van der Waals surface area contributed by atoms with Crippen LogP contribution in [0.1, 0.15) is 21.5 Å². The molecule has 0 aliphatic carbocycles. The van der Waals surface area contributed by atoms with Gasteiger partial charge in [0.05, 0.1) is 0 Å². The molecule has 0 aromatic heterocycles. The molecule has 0 spiro atoms. The van der Waals surface area contributed by atoms with E-state index in [1.54, 1.807) is 12.1 Å². The molecule has 0 atom stereocenters. The molecule has 0 saturated carbocycles. The van der Waals surface area contributed by atoms with Gasteiger partial charge >= 0.3 is 0 Å². The van der Waals surface area contributed by atoms with Crippen LogP contribution in [-0.4, -0.2) is 5.78 Å². The fraction of sp³-hybridized carbons (Fsp3) is 0.0714. The molecule has 0 bridgehead atoms. The minimum atomic E-state index is -1.02. The molecule has 92 valence electrons. The van der Waals surface area contributed by atoms with Crippen molar-refractivity contribution in [2.45, 2.75) is 6.92 Å². The molecule has 2 rings (SSSR count). The van der Waals surface area contributed by atoms with Gasteiger partial charge in [-0.1, -0.05) is 15.9 Å². The summed E-state index contributed by atoms with van der Waals surface area (Å²) in [7, 11) is 0. The molecule has 0 N–H and O–H groups in total. The molecule has 0 heterocycles. The Hall–Kier alpha value is -1.55. The zero-order chi connectivity index (χ0) is 13.3. The maximum atomic E-state index is 13.1. The van der Waals surface area contributed by atoms with Crippen LogP contribution in [0.15, 0.2) is 40.9 Å². The van der Waals surface area contributed by atoms with Gasteiger partial charge in [-0.05, 0) is 48.9 Å². The van der Waals surface area contributed by atoms with E-state index in [0.29, 0.717) is 5.56 Å². The molecular formula is C14H9BrF2O. The number of ketones is 1. The Morgan fingerprint density at radius 2 is 1.72 bits per heavy atom. The maximum absolute atomic E-state index is 13.1. The third-order valence-corrected chi connectivity index (χ3v) is 2.94. The third-order valence-electron chi connectivity index (χ3n) is 2.49. The van der Waals surface area contributed by atoms with Gasteiger partial charge < -0.3 is 0 Å². The Morgan fingerprint density at radius 1 is 1.00 bits per heavy atom. The standard InChI is InChI=1S/C14H9BrF2O/c1-8-4-10(6-11(15)5-8)14(18)9-2-3-12(16)13(17)7-9/h2-7H,1H3. The smallest absolute Gasteiger partial charge is 0.193 e. The molecule has 1 nitrogen and oxygen atoms in total. The first-order valence-electron chi connectivity index (χ1n) is 5.24. The van der Waals surface area contributed by atoms with Crippen molar-refractivity contribution in [1.82, 2.24) is 0 Å². The molecule has 0 fully saturated rings. The molecule has 2 aromatic carbocycles. The summed E-state index contributed by atoms with van der Waals surface area (Å²) < 4.78 is 26.6. The van der Waals surface area contributed by atoms with E-state index in [1.165, 1.54) is 6.07 Å². The number of benzene rings is 2. The van der Waals surface area contributed by atoms with E-state index in [4.69, 9.17) is 0 Å². The Bertz CT molecular complexity index is 603. The van der Waals surface area contributed by atoms with E-state index in [2.05, 4.69) is 15.9 Å². The molecular weight excluding hydrogens is 302 g/mol. The molecule has 0 aliphatic rings. The minimum Gasteiger partial charge on any atom is -0.289 e. The molecule has 0 unspecified atom stereocenters. The summed E-state index contributed by atoms with van der Waals surface area (Å²) in [6.07, 6.45) is 0. The number of halogens is 3. The molecule has 0 saturated heterocycles. The number of hydrogen-bond donors (Lipinski definition) is 0.